The monoisotopic (exact) mass is 320 g/mol. The van der Waals surface area contributed by atoms with Crippen molar-refractivity contribution in [1.82, 2.24) is 10.2 Å². The van der Waals surface area contributed by atoms with Gasteiger partial charge in [-0.05, 0) is 50.2 Å². The first kappa shape index (κ1) is 17.0. The van der Waals surface area contributed by atoms with Gasteiger partial charge in [0, 0.05) is 11.4 Å². The van der Waals surface area contributed by atoms with Gasteiger partial charge in [-0.25, -0.2) is 0 Å². The molecule has 0 radical (unpaired) electrons. The van der Waals surface area contributed by atoms with Crippen molar-refractivity contribution in [2.75, 3.05) is 26.2 Å². The molecule has 0 spiro atoms. The minimum Gasteiger partial charge on any atom is -0.370 e. The van der Waals surface area contributed by atoms with Crippen molar-refractivity contribution in [3.05, 3.63) is 34.5 Å². The van der Waals surface area contributed by atoms with Crippen LogP contribution in [0.1, 0.15) is 37.6 Å². The minimum absolute atomic E-state index is 0.345. The van der Waals surface area contributed by atoms with Gasteiger partial charge < -0.3 is 11.1 Å². The van der Waals surface area contributed by atoms with Crippen molar-refractivity contribution < 1.29 is 0 Å². The molecule has 0 saturated carbocycles. The highest BCUT2D eigenvalue weighted by atomic mass is 32.1. The second-order valence-corrected chi connectivity index (χ2v) is 7.27. The predicted molar refractivity (Wildman–Crippen MR) is 96.3 cm³/mol. The van der Waals surface area contributed by atoms with E-state index in [1.807, 2.05) is 18.3 Å². The van der Waals surface area contributed by atoms with Gasteiger partial charge in [0.2, 0.25) is 0 Å². The zero-order valence-corrected chi connectivity index (χ0v) is 14.5. The normalized spacial score (nSPS) is 19.1. The Morgan fingerprint density at radius 3 is 2.86 bits per heavy atom. The smallest absolute Gasteiger partial charge is 0.188 e. The average molecular weight is 321 g/mol. The summed E-state index contributed by atoms with van der Waals surface area (Å²) < 4.78 is 0. The molecule has 122 valence electrons. The molecule has 1 aromatic rings. The number of hydrogen-bond acceptors (Lipinski definition) is 3. The summed E-state index contributed by atoms with van der Waals surface area (Å²) in [5.74, 6) is 1.35. The van der Waals surface area contributed by atoms with E-state index in [2.05, 4.69) is 46.2 Å². The third-order valence-corrected chi connectivity index (χ3v) is 5.11. The molecule has 2 rings (SSSR count). The van der Waals surface area contributed by atoms with Gasteiger partial charge in [-0.15, -0.1) is 11.3 Å². The third-order valence-electron chi connectivity index (χ3n) is 4.14. The van der Waals surface area contributed by atoms with Gasteiger partial charge in [-0.1, -0.05) is 25.1 Å². The van der Waals surface area contributed by atoms with Gasteiger partial charge in [-0.2, -0.15) is 0 Å². The third kappa shape index (κ3) is 5.14. The number of nitrogens with one attached hydrogen (secondary N) is 1. The van der Waals surface area contributed by atoms with Crippen LogP contribution in [0.3, 0.4) is 0 Å². The Labute approximate surface area is 138 Å². The van der Waals surface area contributed by atoms with Gasteiger partial charge in [0.15, 0.2) is 5.96 Å². The van der Waals surface area contributed by atoms with E-state index in [1.165, 1.54) is 17.7 Å². The number of piperidine rings is 1. The van der Waals surface area contributed by atoms with E-state index >= 15 is 0 Å². The van der Waals surface area contributed by atoms with E-state index < -0.39 is 0 Å². The van der Waals surface area contributed by atoms with Crippen molar-refractivity contribution in [3.8, 4) is 0 Å². The Morgan fingerprint density at radius 1 is 1.55 bits per heavy atom. The van der Waals surface area contributed by atoms with Crippen molar-refractivity contribution in [2.24, 2.45) is 16.6 Å². The number of rotatable bonds is 6. The fourth-order valence-electron chi connectivity index (χ4n) is 2.69. The van der Waals surface area contributed by atoms with Gasteiger partial charge >= 0.3 is 0 Å². The van der Waals surface area contributed by atoms with Crippen LogP contribution in [-0.4, -0.2) is 37.0 Å². The maximum atomic E-state index is 5.96. The first-order valence-electron chi connectivity index (χ1n) is 8.02. The maximum absolute atomic E-state index is 5.96. The average Bonchev–Trinajstić information content (AvgIpc) is 3.01. The molecule has 1 unspecified atom stereocenters. The first-order chi connectivity index (χ1) is 10.6. The zero-order chi connectivity index (χ0) is 15.9. The summed E-state index contributed by atoms with van der Waals surface area (Å²) in [5.41, 5.74) is 7.01. The quantitative estimate of drug-likeness (QED) is 0.481. The van der Waals surface area contributed by atoms with E-state index in [4.69, 9.17) is 5.73 Å². The highest BCUT2D eigenvalue weighted by Crippen LogP contribution is 2.29. The molecule has 0 aliphatic carbocycles. The van der Waals surface area contributed by atoms with Crippen LogP contribution in [0, 0.1) is 5.92 Å². The number of hydrogen-bond donors (Lipinski definition) is 2. The molecule has 1 atom stereocenters. The van der Waals surface area contributed by atoms with E-state index in [9.17, 15) is 0 Å². The maximum Gasteiger partial charge on any atom is 0.188 e. The number of nitrogens with two attached hydrogens (primary N) is 1. The molecular formula is C17H28N4S. The standard InChI is InChI=1S/C17H28N4S/c1-13(2)11-19-17(18)20-12-15(16-5-4-10-22-16)21-8-6-14(3)7-9-21/h4-5,10,14-15H,1,6-9,11-12H2,2-3H3,(H3,18,19,20). The highest BCUT2D eigenvalue weighted by Gasteiger charge is 2.25. The Balaban J connectivity index is 1.99. The molecule has 5 heteroatoms. The number of likely N-dealkylation sites (tertiary alicyclic amines) is 1. The summed E-state index contributed by atoms with van der Waals surface area (Å²) in [5, 5.41) is 5.25. The molecular weight excluding hydrogens is 292 g/mol. The van der Waals surface area contributed by atoms with E-state index in [0.717, 1.165) is 24.6 Å². The molecule has 1 aromatic heterocycles. The molecule has 1 fully saturated rings. The molecule has 3 N–H and O–H groups in total. The van der Waals surface area contributed by atoms with E-state index in [1.54, 1.807) is 0 Å². The van der Waals surface area contributed by atoms with Gasteiger partial charge in [0.1, 0.15) is 0 Å². The summed E-state index contributed by atoms with van der Waals surface area (Å²) in [6, 6.07) is 4.67. The van der Waals surface area contributed by atoms with Gasteiger partial charge in [0.25, 0.3) is 0 Å². The molecule has 4 nitrogen and oxygen atoms in total. The van der Waals surface area contributed by atoms with Crippen LogP contribution in [0.15, 0.2) is 34.7 Å². The molecule has 1 aliphatic heterocycles. The van der Waals surface area contributed by atoms with Crippen LogP contribution in [-0.2, 0) is 0 Å². The molecule has 1 aliphatic rings. The fourth-order valence-corrected chi connectivity index (χ4v) is 3.54. The fraction of sp³-hybridized carbons (Fsp3) is 0.588. The Hall–Kier alpha value is -1.33. The summed E-state index contributed by atoms with van der Waals surface area (Å²) in [6.07, 6.45) is 2.55. The van der Waals surface area contributed by atoms with Crippen molar-refractivity contribution >= 4 is 17.3 Å². The number of nitrogens with zero attached hydrogens (tertiary/aromatic N) is 2. The summed E-state index contributed by atoms with van der Waals surface area (Å²) in [4.78, 5) is 8.49. The second-order valence-electron chi connectivity index (χ2n) is 6.29. The number of guanidine groups is 1. The van der Waals surface area contributed by atoms with Crippen molar-refractivity contribution in [3.63, 3.8) is 0 Å². The second kappa shape index (κ2) is 8.34. The SMILES string of the molecule is C=C(C)CNC(N)=NCC(c1cccs1)N1CCC(C)CC1. The van der Waals surface area contributed by atoms with Gasteiger partial charge in [0.05, 0.1) is 12.6 Å². The lowest BCUT2D eigenvalue weighted by molar-refractivity contribution is 0.143. The Bertz CT molecular complexity index is 487. The number of aliphatic imine (C=N–C) groups is 1. The molecule has 0 amide bonds. The van der Waals surface area contributed by atoms with Crippen LogP contribution in [0.4, 0.5) is 0 Å². The summed E-state index contributed by atoms with van der Waals surface area (Å²) >= 11 is 1.81. The largest absolute Gasteiger partial charge is 0.370 e. The summed E-state index contributed by atoms with van der Waals surface area (Å²) in [6.45, 7) is 11.9. The minimum atomic E-state index is 0.345. The lowest BCUT2D eigenvalue weighted by Crippen LogP contribution is -2.38. The van der Waals surface area contributed by atoms with Crippen molar-refractivity contribution in [1.29, 1.82) is 0 Å². The highest BCUT2D eigenvalue weighted by molar-refractivity contribution is 7.10. The molecule has 0 aromatic carbocycles. The van der Waals surface area contributed by atoms with Crippen molar-refractivity contribution in [2.45, 2.75) is 32.7 Å². The lowest BCUT2D eigenvalue weighted by Gasteiger charge is -2.35. The Kier molecular flexibility index (Phi) is 6.46. The summed E-state index contributed by atoms with van der Waals surface area (Å²) in [7, 11) is 0. The zero-order valence-electron chi connectivity index (χ0n) is 13.7. The van der Waals surface area contributed by atoms with Crippen LogP contribution >= 0.6 is 11.3 Å². The van der Waals surface area contributed by atoms with E-state index in [-0.39, 0.29) is 0 Å². The lowest BCUT2D eigenvalue weighted by atomic mass is 9.97. The number of thiophene rings is 1. The molecule has 0 bridgehead atoms. The van der Waals surface area contributed by atoms with Crippen LogP contribution in [0.25, 0.3) is 0 Å². The van der Waals surface area contributed by atoms with E-state index in [0.29, 0.717) is 25.1 Å². The topological polar surface area (TPSA) is 53.6 Å². The molecule has 22 heavy (non-hydrogen) atoms. The van der Waals surface area contributed by atoms with Gasteiger partial charge in [-0.3, -0.25) is 9.89 Å². The van der Waals surface area contributed by atoms with Crippen LogP contribution in [0.2, 0.25) is 0 Å². The molecule has 2 heterocycles. The molecule has 1 saturated heterocycles. The van der Waals surface area contributed by atoms with Crippen LogP contribution < -0.4 is 11.1 Å². The Morgan fingerprint density at radius 2 is 2.27 bits per heavy atom. The first-order valence-corrected chi connectivity index (χ1v) is 8.90. The van der Waals surface area contributed by atoms with Crippen LogP contribution in [0.5, 0.6) is 0 Å². The predicted octanol–water partition coefficient (Wildman–Crippen LogP) is 3.00.